The average molecular weight is 537 g/mol. The summed E-state index contributed by atoms with van der Waals surface area (Å²) in [5.74, 6) is 6.62. The van der Waals surface area contributed by atoms with Crippen LogP contribution in [-0.4, -0.2) is 50.6 Å². The number of anilines is 3. The van der Waals surface area contributed by atoms with Crippen LogP contribution in [0.3, 0.4) is 0 Å². The Hall–Kier alpha value is -4.62. The second-order valence-electron chi connectivity index (χ2n) is 10.3. The highest BCUT2D eigenvalue weighted by atomic mass is 16.2. The fourth-order valence-corrected chi connectivity index (χ4v) is 5.70. The summed E-state index contributed by atoms with van der Waals surface area (Å²) in [6.07, 6.45) is 1.88. The van der Waals surface area contributed by atoms with Crippen molar-refractivity contribution in [2.45, 2.75) is 38.9 Å². The summed E-state index contributed by atoms with van der Waals surface area (Å²) in [6.45, 7) is 3.46. The third-order valence-electron chi connectivity index (χ3n) is 7.75. The van der Waals surface area contributed by atoms with Crippen LogP contribution in [0.2, 0.25) is 0 Å². The molecule has 2 aromatic heterocycles. The van der Waals surface area contributed by atoms with Gasteiger partial charge in [0.2, 0.25) is 5.95 Å². The summed E-state index contributed by atoms with van der Waals surface area (Å²) in [7, 11) is 3.65. The normalized spacial score (nSPS) is 16.6. The van der Waals surface area contributed by atoms with E-state index >= 15 is 0 Å². The van der Waals surface area contributed by atoms with Crippen molar-refractivity contribution in [3.8, 4) is 11.8 Å². The molecule has 0 unspecified atom stereocenters. The summed E-state index contributed by atoms with van der Waals surface area (Å²) in [5.41, 5.74) is 10.3. The summed E-state index contributed by atoms with van der Waals surface area (Å²) in [5, 5.41) is 0. The Morgan fingerprint density at radius 2 is 1.77 bits per heavy atom. The van der Waals surface area contributed by atoms with E-state index in [1.54, 1.807) is 14.0 Å². The lowest BCUT2D eigenvalue weighted by Gasteiger charge is -2.31. The fourth-order valence-electron chi connectivity index (χ4n) is 5.70. The molecule has 0 aliphatic carbocycles. The predicted molar refractivity (Wildman–Crippen MR) is 159 cm³/mol. The number of aryl methyl sites for hydroxylation is 1. The van der Waals surface area contributed by atoms with Crippen molar-refractivity contribution in [1.29, 1.82) is 0 Å². The van der Waals surface area contributed by atoms with Gasteiger partial charge in [0.15, 0.2) is 11.2 Å². The Labute approximate surface area is 232 Å². The van der Waals surface area contributed by atoms with Crippen molar-refractivity contribution in [3.05, 3.63) is 74.9 Å². The van der Waals surface area contributed by atoms with Crippen LogP contribution in [-0.2, 0) is 20.1 Å². The molecule has 1 saturated heterocycles. The molecule has 4 aromatic rings. The Kier molecular flexibility index (Phi) is 6.52. The SMILES string of the molecule is CC#CCn1c(N2CCC[C@@H](N)C2)nc2c1c(=O)n(CC1=Nc3ccccc3N(C)c3ccccc31)c(=O)n2C. The zero-order valence-electron chi connectivity index (χ0n) is 23.0. The highest BCUT2D eigenvalue weighted by Gasteiger charge is 2.27. The molecule has 1 fully saturated rings. The lowest BCUT2D eigenvalue weighted by atomic mass is 10.1. The molecule has 10 heteroatoms. The first-order chi connectivity index (χ1) is 19.4. The number of imidazole rings is 1. The van der Waals surface area contributed by atoms with Crippen LogP contribution >= 0.6 is 0 Å². The molecule has 2 N–H and O–H groups in total. The summed E-state index contributed by atoms with van der Waals surface area (Å²) in [6, 6.07) is 15.8. The van der Waals surface area contributed by atoms with Crippen molar-refractivity contribution in [1.82, 2.24) is 18.7 Å². The maximum atomic E-state index is 14.2. The van der Waals surface area contributed by atoms with E-state index in [0.717, 1.165) is 42.0 Å². The van der Waals surface area contributed by atoms with Gasteiger partial charge in [0.1, 0.15) is 0 Å². The molecule has 204 valence electrons. The Balaban J connectivity index is 1.55. The molecule has 10 nitrogen and oxygen atoms in total. The van der Waals surface area contributed by atoms with E-state index in [4.69, 9.17) is 15.7 Å². The van der Waals surface area contributed by atoms with E-state index in [2.05, 4.69) is 21.6 Å². The zero-order valence-corrected chi connectivity index (χ0v) is 23.0. The van der Waals surface area contributed by atoms with Gasteiger partial charge in [-0.25, -0.2) is 9.79 Å². The molecular weight excluding hydrogens is 504 g/mol. The van der Waals surface area contributed by atoms with E-state index < -0.39 is 11.2 Å². The number of aromatic nitrogens is 4. The molecule has 0 radical (unpaired) electrons. The first kappa shape index (κ1) is 25.6. The molecule has 6 rings (SSSR count). The van der Waals surface area contributed by atoms with Gasteiger partial charge >= 0.3 is 5.69 Å². The molecule has 4 heterocycles. The van der Waals surface area contributed by atoms with Gasteiger partial charge in [-0.3, -0.25) is 18.5 Å². The molecule has 2 aromatic carbocycles. The Morgan fingerprint density at radius 3 is 2.55 bits per heavy atom. The van der Waals surface area contributed by atoms with Crippen molar-refractivity contribution >= 4 is 39.9 Å². The summed E-state index contributed by atoms with van der Waals surface area (Å²) < 4.78 is 4.53. The molecule has 0 saturated carbocycles. The van der Waals surface area contributed by atoms with Crippen LogP contribution in [0.15, 0.2) is 63.1 Å². The minimum absolute atomic E-state index is 0.00912. The molecular formula is C30H32N8O2. The molecule has 40 heavy (non-hydrogen) atoms. The van der Waals surface area contributed by atoms with Gasteiger partial charge in [-0.1, -0.05) is 36.3 Å². The van der Waals surface area contributed by atoms with E-state index in [0.29, 0.717) is 29.4 Å². The maximum Gasteiger partial charge on any atom is 0.332 e. The maximum absolute atomic E-state index is 14.2. The van der Waals surface area contributed by atoms with Gasteiger partial charge in [0.25, 0.3) is 5.56 Å². The zero-order chi connectivity index (χ0) is 28.0. The van der Waals surface area contributed by atoms with E-state index in [9.17, 15) is 9.59 Å². The molecule has 0 spiro atoms. The number of nitrogens with two attached hydrogens (primary N) is 1. The average Bonchev–Trinajstić information content (AvgIpc) is 3.31. The van der Waals surface area contributed by atoms with Gasteiger partial charge in [-0.05, 0) is 38.0 Å². The number of benzene rings is 2. The first-order valence-corrected chi connectivity index (χ1v) is 13.5. The minimum atomic E-state index is -0.448. The van der Waals surface area contributed by atoms with E-state index in [1.165, 1.54) is 9.13 Å². The number of hydrogen-bond donors (Lipinski definition) is 1. The number of para-hydroxylation sites is 3. The number of rotatable bonds is 4. The van der Waals surface area contributed by atoms with E-state index in [-0.39, 0.29) is 19.1 Å². The van der Waals surface area contributed by atoms with Gasteiger partial charge < -0.3 is 15.5 Å². The second kappa shape index (κ2) is 10.2. The number of fused-ring (bicyclic) bond motifs is 3. The number of piperidine rings is 1. The standard InChI is InChI=1S/C30H32N8O2/c1-4-5-17-37-26-27(33-29(37)36-16-10-11-20(31)18-36)35(3)30(40)38(28(26)39)19-23-21-12-6-8-14-24(21)34(2)25-15-9-7-13-22(25)32-23/h6-9,12-15,20H,10-11,16-19,31H2,1-3H3/t20-/m1/s1. The number of nitrogens with zero attached hydrogens (tertiary/aromatic N) is 7. The third kappa shape index (κ3) is 4.19. The van der Waals surface area contributed by atoms with Crippen LogP contribution in [0, 0.1) is 11.8 Å². The van der Waals surface area contributed by atoms with Crippen LogP contribution in [0.5, 0.6) is 0 Å². The van der Waals surface area contributed by atoms with Gasteiger partial charge in [0.05, 0.1) is 35.9 Å². The van der Waals surface area contributed by atoms with Crippen molar-refractivity contribution in [2.24, 2.45) is 17.8 Å². The van der Waals surface area contributed by atoms with Gasteiger partial charge in [-0.2, -0.15) is 4.98 Å². The lowest BCUT2D eigenvalue weighted by molar-refractivity contribution is 0.496. The topological polar surface area (TPSA) is 107 Å². The van der Waals surface area contributed by atoms with E-state index in [1.807, 2.05) is 60.1 Å². The summed E-state index contributed by atoms with van der Waals surface area (Å²) in [4.78, 5) is 41.8. The van der Waals surface area contributed by atoms with Crippen molar-refractivity contribution in [2.75, 3.05) is 29.9 Å². The largest absolute Gasteiger partial charge is 0.342 e. The number of aliphatic imine (C=N–C) groups is 1. The number of hydrogen-bond acceptors (Lipinski definition) is 7. The molecule has 2 aliphatic rings. The molecule has 1 atom stereocenters. The first-order valence-electron chi connectivity index (χ1n) is 13.5. The molecule has 2 aliphatic heterocycles. The van der Waals surface area contributed by atoms with Crippen molar-refractivity contribution in [3.63, 3.8) is 0 Å². The third-order valence-corrected chi connectivity index (χ3v) is 7.75. The quantitative estimate of drug-likeness (QED) is 0.402. The Morgan fingerprint density at radius 1 is 1.02 bits per heavy atom. The summed E-state index contributed by atoms with van der Waals surface area (Å²) >= 11 is 0. The van der Waals surface area contributed by atoms with Gasteiger partial charge in [-0.15, -0.1) is 5.92 Å². The fraction of sp³-hybridized carbons (Fsp3) is 0.333. The monoisotopic (exact) mass is 536 g/mol. The van der Waals surface area contributed by atoms with Crippen LogP contribution < -0.4 is 26.8 Å². The minimum Gasteiger partial charge on any atom is -0.342 e. The predicted octanol–water partition coefficient (Wildman–Crippen LogP) is 2.75. The molecule has 0 amide bonds. The lowest BCUT2D eigenvalue weighted by Crippen LogP contribution is -2.44. The molecule has 0 bridgehead atoms. The van der Waals surface area contributed by atoms with Crippen LogP contribution in [0.25, 0.3) is 11.2 Å². The van der Waals surface area contributed by atoms with Gasteiger partial charge in [0, 0.05) is 38.8 Å². The second-order valence-corrected chi connectivity index (χ2v) is 10.3. The van der Waals surface area contributed by atoms with Crippen molar-refractivity contribution < 1.29 is 0 Å². The highest BCUT2D eigenvalue weighted by Crippen LogP contribution is 2.38. The van der Waals surface area contributed by atoms with Crippen LogP contribution in [0.1, 0.15) is 25.3 Å². The van der Waals surface area contributed by atoms with Crippen LogP contribution in [0.4, 0.5) is 23.0 Å². The Bertz CT molecular complexity index is 1830. The highest BCUT2D eigenvalue weighted by molar-refractivity contribution is 6.09. The smallest absolute Gasteiger partial charge is 0.332 e.